The van der Waals surface area contributed by atoms with Gasteiger partial charge in [0.2, 0.25) is 0 Å². The van der Waals surface area contributed by atoms with Crippen molar-refractivity contribution >= 4 is 11.0 Å². The van der Waals surface area contributed by atoms with Gasteiger partial charge in [0.15, 0.2) is 0 Å². The Balaban J connectivity index is 2.06. The molecule has 2 atom stereocenters. The summed E-state index contributed by atoms with van der Waals surface area (Å²) in [6.07, 6.45) is 3.50. The third-order valence-electron chi connectivity index (χ3n) is 4.19. The van der Waals surface area contributed by atoms with Crippen molar-refractivity contribution in [3.8, 4) is 0 Å². The van der Waals surface area contributed by atoms with Crippen LogP contribution < -0.4 is 0 Å². The van der Waals surface area contributed by atoms with Crippen molar-refractivity contribution in [2.75, 3.05) is 7.11 Å². The molecule has 1 aliphatic rings. The van der Waals surface area contributed by atoms with E-state index in [0.717, 1.165) is 30.2 Å². The fraction of sp³-hybridized carbons (Fsp3) is 0.500. The molecule has 0 aliphatic heterocycles. The first-order chi connectivity index (χ1) is 9.13. The van der Waals surface area contributed by atoms with E-state index in [4.69, 9.17) is 9.15 Å². The van der Waals surface area contributed by atoms with Crippen LogP contribution in [-0.2, 0) is 10.3 Å². The molecule has 2 unspecified atom stereocenters. The summed E-state index contributed by atoms with van der Waals surface area (Å²) in [6.45, 7) is 2.05. The molecule has 3 heteroatoms. The Hall–Kier alpha value is -1.32. The van der Waals surface area contributed by atoms with E-state index < -0.39 is 5.60 Å². The number of methoxy groups -OCH3 is 1. The Morgan fingerprint density at radius 1 is 1.32 bits per heavy atom. The van der Waals surface area contributed by atoms with Gasteiger partial charge in [0, 0.05) is 12.5 Å². The van der Waals surface area contributed by atoms with Gasteiger partial charge in [-0.05, 0) is 44.4 Å². The Labute approximate surface area is 113 Å². The normalized spacial score (nSPS) is 27.8. The van der Waals surface area contributed by atoms with Crippen LogP contribution in [0.2, 0.25) is 0 Å². The summed E-state index contributed by atoms with van der Waals surface area (Å²) in [5.41, 5.74) is 1.04. The summed E-state index contributed by atoms with van der Waals surface area (Å²) >= 11 is 0. The summed E-state index contributed by atoms with van der Waals surface area (Å²) < 4.78 is 11.3. The highest BCUT2D eigenvalue weighted by Gasteiger charge is 2.43. The van der Waals surface area contributed by atoms with E-state index in [2.05, 4.69) is 13.0 Å². The molecule has 0 saturated heterocycles. The van der Waals surface area contributed by atoms with Crippen molar-refractivity contribution < 1.29 is 14.3 Å². The number of aliphatic hydroxyl groups is 1. The minimum Gasteiger partial charge on any atom is -0.458 e. The molecular formula is C16H20O3. The first-order valence-corrected chi connectivity index (χ1v) is 6.89. The molecule has 1 N–H and O–H groups in total. The molecular weight excluding hydrogens is 240 g/mol. The number of rotatable bonds is 2. The van der Waals surface area contributed by atoms with Gasteiger partial charge in [0.25, 0.3) is 0 Å². The molecule has 102 valence electrons. The quantitative estimate of drug-likeness (QED) is 0.898. The van der Waals surface area contributed by atoms with Crippen molar-refractivity contribution in [1.82, 2.24) is 0 Å². The van der Waals surface area contributed by atoms with Gasteiger partial charge in [-0.2, -0.15) is 0 Å². The van der Waals surface area contributed by atoms with E-state index in [-0.39, 0.29) is 6.10 Å². The van der Waals surface area contributed by atoms with Gasteiger partial charge in [-0.1, -0.05) is 18.1 Å². The van der Waals surface area contributed by atoms with Crippen molar-refractivity contribution in [3.63, 3.8) is 0 Å². The number of fused-ring (bicyclic) bond motifs is 1. The fourth-order valence-electron chi connectivity index (χ4n) is 3.09. The molecule has 1 saturated carbocycles. The van der Waals surface area contributed by atoms with Gasteiger partial charge in [0.1, 0.15) is 16.9 Å². The van der Waals surface area contributed by atoms with Crippen LogP contribution in [0.15, 0.2) is 28.7 Å². The van der Waals surface area contributed by atoms with Gasteiger partial charge in [-0.25, -0.2) is 0 Å². The van der Waals surface area contributed by atoms with Gasteiger partial charge in [-0.3, -0.25) is 0 Å². The van der Waals surface area contributed by atoms with Crippen LogP contribution in [0.5, 0.6) is 0 Å². The summed E-state index contributed by atoms with van der Waals surface area (Å²) in [6, 6.07) is 8.02. The summed E-state index contributed by atoms with van der Waals surface area (Å²) in [5.74, 6) is 0.639. The van der Waals surface area contributed by atoms with Gasteiger partial charge >= 0.3 is 0 Å². The minimum atomic E-state index is -0.986. The van der Waals surface area contributed by atoms with E-state index in [1.54, 1.807) is 7.11 Å². The van der Waals surface area contributed by atoms with Crippen molar-refractivity contribution in [2.45, 2.75) is 44.3 Å². The van der Waals surface area contributed by atoms with Gasteiger partial charge < -0.3 is 14.3 Å². The van der Waals surface area contributed by atoms with Crippen molar-refractivity contribution in [3.05, 3.63) is 35.6 Å². The lowest BCUT2D eigenvalue weighted by molar-refractivity contribution is -0.132. The zero-order valence-corrected chi connectivity index (χ0v) is 11.5. The molecule has 1 aliphatic carbocycles. The number of benzene rings is 1. The predicted octanol–water partition coefficient (Wildman–Crippen LogP) is 3.52. The highest BCUT2D eigenvalue weighted by Crippen LogP contribution is 2.40. The second kappa shape index (κ2) is 4.66. The van der Waals surface area contributed by atoms with Crippen molar-refractivity contribution in [1.29, 1.82) is 0 Å². The topological polar surface area (TPSA) is 42.6 Å². The number of hydrogen-bond donors (Lipinski definition) is 1. The van der Waals surface area contributed by atoms with Crippen LogP contribution in [0.1, 0.15) is 37.0 Å². The fourth-order valence-corrected chi connectivity index (χ4v) is 3.09. The maximum atomic E-state index is 11.0. The first-order valence-electron chi connectivity index (χ1n) is 6.89. The molecule has 0 radical (unpaired) electrons. The number of hydrogen-bond acceptors (Lipinski definition) is 3. The Bertz CT molecular complexity index is 587. The Kier molecular flexibility index (Phi) is 3.11. The smallest absolute Gasteiger partial charge is 0.148 e. The molecule has 1 fully saturated rings. The van der Waals surface area contributed by atoms with E-state index in [1.807, 2.05) is 18.2 Å². The number of ether oxygens (including phenoxy) is 1. The largest absolute Gasteiger partial charge is 0.458 e. The van der Waals surface area contributed by atoms with E-state index in [0.29, 0.717) is 12.2 Å². The molecule has 1 aromatic heterocycles. The predicted molar refractivity (Wildman–Crippen MR) is 74.1 cm³/mol. The van der Waals surface area contributed by atoms with Gasteiger partial charge in [0.05, 0.1) is 6.10 Å². The SMILES string of the molecule is COC1CCCCC1(O)c1cc2cc(C)ccc2o1. The second-order valence-electron chi connectivity index (χ2n) is 5.55. The van der Waals surface area contributed by atoms with E-state index >= 15 is 0 Å². The zero-order chi connectivity index (χ0) is 13.5. The van der Waals surface area contributed by atoms with Gasteiger partial charge in [-0.15, -0.1) is 0 Å². The maximum Gasteiger partial charge on any atom is 0.148 e. The minimum absolute atomic E-state index is 0.178. The zero-order valence-electron chi connectivity index (χ0n) is 11.5. The monoisotopic (exact) mass is 260 g/mol. The molecule has 0 spiro atoms. The molecule has 0 amide bonds. The molecule has 3 nitrogen and oxygen atoms in total. The van der Waals surface area contributed by atoms with E-state index in [9.17, 15) is 5.11 Å². The number of furan rings is 1. The first kappa shape index (κ1) is 12.7. The van der Waals surface area contributed by atoms with Crippen LogP contribution in [0, 0.1) is 6.92 Å². The lowest BCUT2D eigenvalue weighted by Crippen LogP contribution is -2.43. The molecule has 2 aromatic rings. The molecule has 1 aromatic carbocycles. The Morgan fingerprint density at radius 2 is 2.16 bits per heavy atom. The third kappa shape index (κ3) is 2.07. The maximum absolute atomic E-state index is 11.0. The second-order valence-corrected chi connectivity index (χ2v) is 5.55. The average Bonchev–Trinajstić information content (AvgIpc) is 2.83. The lowest BCUT2D eigenvalue weighted by Gasteiger charge is -2.37. The summed E-state index contributed by atoms with van der Waals surface area (Å²) in [7, 11) is 1.66. The summed E-state index contributed by atoms with van der Waals surface area (Å²) in [5, 5.41) is 12.0. The molecule has 3 rings (SSSR count). The van der Waals surface area contributed by atoms with Crippen LogP contribution >= 0.6 is 0 Å². The number of aryl methyl sites for hydroxylation is 1. The van der Waals surface area contributed by atoms with Crippen molar-refractivity contribution in [2.24, 2.45) is 0 Å². The molecule has 1 heterocycles. The summed E-state index contributed by atoms with van der Waals surface area (Å²) in [4.78, 5) is 0. The highest BCUT2D eigenvalue weighted by atomic mass is 16.5. The van der Waals surface area contributed by atoms with Crippen LogP contribution in [0.4, 0.5) is 0 Å². The standard InChI is InChI=1S/C16H20O3/c1-11-6-7-13-12(9-11)10-15(19-13)16(17)8-4-3-5-14(16)18-2/h6-7,9-10,14,17H,3-5,8H2,1-2H3. The van der Waals surface area contributed by atoms with Crippen LogP contribution in [-0.4, -0.2) is 18.3 Å². The highest BCUT2D eigenvalue weighted by molar-refractivity contribution is 5.78. The van der Waals surface area contributed by atoms with E-state index in [1.165, 1.54) is 5.56 Å². The third-order valence-corrected chi connectivity index (χ3v) is 4.19. The molecule has 19 heavy (non-hydrogen) atoms. The lowest BCUT2D eigenvalue weighted by atomic mass is 9.80. The average molecular weight is 260 g/mol. The van der Waals surface area contributed by atoms with Crippen LogP contribution in [0.3, 0.4) is 0 Å². The Morgan fingerprint density at radius 3 is 2.95 bits per heavy atom. The van der Waals surface area contributed by atoms with Crippen LogP contribution in [0.25, 0.3) is 11.0 Å². The molecule has 0 bridgehead atoms.